The van der Waals surface area contributed by atoms with Crippen LogP contribution < -0.4 is 11.1 Å². The van der Waals surface area contributed by atoms with Gasteiger partial charge in [0.15, 0.2) is 9.84 Å². The van der Waals surface area contributed by atoms with E-state index < -0.39 is 20.5 Å². The average Bonchev–Trinajstić information content (AvgIpc) is 2.80. The molecule has 2 rings (SSSR count). The smallest absolute Gasteiger partial charge is 0.229 e. The van der Waals surface area contributed by atoms with Gasteiger partial charge in [-0.25, -0.2) is 8.42 Å². The molecule has 0 radical (unpaired) electrons. The van der Waals surface area contributed by atoms with Gasteiger partial charge >= 0.3 is 0 Å². The Morgan fingerprint density at radius 2 is 2.28 bits per heavy atom. The van der Waals surface area contributed by atoms with Crippen LogP contribution in [0.5, 0.6) is 0 Å². The summed E-state index contributed by atoms with van der Waals surface area (Å²) in [5.41, 5.74) is 5.10. The van der Waals surface area contributed by atoms with Crippen LogP contribution in [-0.4, -0.2) is 51.1 Å². The fourth-order valence-electron chi connectivity index (χ4n) is 2.42. The van der Waals surface area contributed by atoms with E-state index in [2.05, 4.69) is 5.32 Å². The van der Waals surface area contributed by atoms with E-state index in [4.69, 9.17) is 10.5 Å². The van der Waals surface area contributed by atoms with Gasteiger partial charge in [-0.05, 0) is 19.8 Å². The minimum absolute atomic E-state index is 0.184. The number of carbonyl (C=O) groups is 1. The maximum Gasteiger partial charge on any atom is 0.229 e. The Morgan fingerprint density at radius 1 is 1.56 bits per heavy atom. The third kappa shape index (κ3) is 2.39. The van der Waals surface area contributed by atoms with Crippen molar-refractivity contribution in [2.45, 2.75) is 31.1 Å². The molecule has 0 bridgehead atoms. The molecule has 2 saturated heterocycles. The minimum Gasteiger partial charge on any atom is -0.379 e. The highest BCUT2D eigenvalue weighted by atomic mass is 32.2. The molecular weight excluding hydrogens is 256 g/mol. The normalized spacial score (nSPS) is 38.8. The number of rotatable bonds is 3. The fourth-order valence-corrected chi connectivity index (χ4v) is 4.18. The number of sulfone groups is 1. The maximum atomic E-state index is 12.1. The van der Waals surface area contributed by atoms with Gasteiger partial charge in [-0.3, -0.25) is 4.79 Å². The van der Waals surface area contributed by atoms with Crippen LogP contribution >= 0.6 is 0 Å². The zero-order chi connectivity index (χ0) is 13.4. The predicted molar refractivity (Wildman–Crippen MR) is 66.7 cm³/mol. The molecule has 1 amide bonds. The quantitative estimate of drug-likeness (QED) is 0.692. The molecule has 0 aromatic heterocycles. The number of nitrogens with one attached hydrogen (secondary N) is 1. The number of hydrogen-bond acceptors (Lipinski definition) is 5. The molecule has 0 aromatic carbocycles. The number of nitrogens with two attached hydrogens (primary N) is 1. The molecule has 2 fully saturated rings. The summed E-state index contributed by atoms with van der Waals surface area (Å²) in [6.45, 7) is 2.59. The van der Waals surface area contributed by atoms with Crippen LogP contribution in [0.1, 0.15) is 19.8 Å². The van der Waals surface area contributed by atoms with Crippen LogP contribution in [0.2, 0.25) is 0 Å². The van der Waals surface area contributed by atoms with Crippen molar-refractivity contribution in [2.75, 3.05) is 25.5 Å². The van der Waals surface area contributed by atoms with Crippen molar-refractivity contribution >= 4 is 15.7 Å². The van der Waals surface area contributed by atoms with Gasteiger partial charge in [-0.2, -0.15) is 0 Å². The number of carbonyl (C=O) groups excluding carboxylic acids is 1. The van der Waals surface area contributed by atoms with E-state index in [1.807, 2.05) is 0 Å². The molecule has 0 saturated carbocycles. The molecule has 0 aromatic rings. The van der Waals surface area contributed by atoms with Gasteiger partial charge in [0.1, 0.15) is 0 Å². The second kappa shape index (κ2) is 4.79. The van der Waals surface area contributed by atoms with Gasteiger partial charge < -0.3 is 15.8 Å². The summed E-state index contributed by atoms with van der Waals surface area (Å²) in [4.78, 5) is 12.1. The second-order valence-electron chi connectivity index (χ2n) is 5.38. The SMILES string of the molecule is CC1(C(=O)NCC2CCCS2(=O)=O)COCC1N. The zero-order valence-corrected chi connectivity index (χ0v) is 11.3. The van der Waals surface area contributed by atoms with Crippen molar-refractivity contribution in [1.82, 2.24) is 5.32 Å². The van der Waals surface area contributed by atoms with Gasteiger partial charge in [0.05, 0.1) is 29.6 Å². The predicted octanol–water partition coefficient (Wildman–Crippen LogP) is -0.956. The lowest BCUT2D eigenvalue weighted by atomic mass is 9.85. The van der Waals surface area contributed by atoms with Crippen molar-refractivity contribution in [3.05, 3.63) is 0 Å². The highest BCUT2D eigenvalue weighted by Gasteiger charge is 2.44. The van der Waals surface area contributed by atoms with E-state index in [0.717, 1.165) is 0 Å². The summed E-state index contributed by atoms with van der Waals surface area (Å²) in [5.74, 6) is 0.0163. The summed E-state index contributed by atoms with van der Waals surface area (Å²) >= 11 is 0. The third-order valence-corrected chi connectivity index (χ3v) is 6.27. The van der Waals surface area contributed by atoms with Gasteiger partial charge in [-0.1, -0.05) is 0 Å². The van der Waals surface area contributed by atoms with Gasteiger partial charge in [0.25, 0.3) is 0 Å². The van der Waals surface area contributed by atoms with E-state index >= 15 is 0 Å². The molecule has 6 nitrogen and oxygen atoms in total. The Morgan fingerprint density at radius 3 is 2.78 bits per heavy atom. The van der Waals surface area contributed by atoms with Crippen molar-refractivity contribution < 1.29 is 17.9 Å². The molecule has 3 N–H and O–H groups in total. The molecule has 7 heteroatoms. The topological polar surface area (TPSA) is 98.5 Å². The molecule has 0 spiro atoms. The Hall–Kier alpha value is -0.660. The van der Waals surface area contributed by atoms with E-state index in [1.165, 1.54) is 0 Å². The molecule has 0 aliphatic carbocycles. The number of amides is 1. The van der Waals surface area contributed by atoms with E-state index in [1.54, 1.807) is 6.92 Å². The van der Waals surface area contributed by atoms with Crippen LogP contribution in [0.3, 0.4) is 0 Å². The molecule has 3 unspecified atom stereocenters. The first kappa shape index (κ1) is 13.8. The van der Waals surface area contributed by atoms with Crippen molar-refractivity contribution in [1.29, 1.82) is 0 Å². The first-order valence-electron chi connectivity index (χ1n) is 6.19. The van der Waals surface area contributed by atoms with Gasteiger partial charge in [-0.15, -0.1) is 0 Å². The Kier molecular flexibility index (Phi) is 3.66. The molecular formula is C11H20N2O4S. The van der Waals surface area contributed by atoms with Crippen LogP contribution in [0.4, 0.5) is 0 Å². The van der Waals surface area contributed by atoms with E-state index in [0.29, 0.717) is 19.4 Å². The maximum absolute atomic E-state index is 12.1. The molecule has 104 valence electrons. The highest BCUT2D eigenvalue weighted by molar-refractivity contribution is 7.92. The van der Waals surface area contributed by atoms with Crippen LogP contribution in [-0.2, 0) is 19.4 Å². The van der Waals surface area contributed by atoms with Gasteiger partial charge in [0, 0.05) is 12.6 Å². The van der Waals surface area contributed by atoms with Crippen molar-refractivity contribution in [2.24, 2.45) is 11.1 Å². The van der Waals surface area contributed by atoms with Crippen LogP contribution in [0, 0.1) is 5.41 Å². The number of ether oxygens (including phenoxy) is 1. The summed E-state index contributed by atoms with van der Waals surface area (Å²) in [6, 6.07) is -0.335. The first-order valence-corrected chi connectivity index (χ1v) is 7.91. The minimum atomic E-state index is -3.02. The highest BCUT2D eigenvalue weighted by Crippen LogP contribution is 2.27. The summed E-state index contributed by atoms with van der Waals surface area (Å²) in [5, 5.41) is 2.27. The molecule has 2 aliphatic heterocycles. The first-order chi connectivity index (χ1) is 8.36. The van der Waals surface area contributed by atoms with E-state index in [-0.39, 0.29) is 30.9 Å². The fraction of sp³-hybridized carbons (Fsp3) is 0.909. The average molecular weight is 276 g/mol. The summed E-state index contributed by atoms with van der Waals surface area (Å²) < 4.78 is 28.5. The lowest BCUT2D eigenvalue weighted by Gasteiger charge is -2.26. The monoisotopic (exact) mass is 276 g/mol. The van der Waals surface area contributed by atoms with E-state index in [9.17, 15) is 13.2 Å². The molecule has 18 heavy (non-hydrogen) atoms. The lowest BCUT2D eigenvalue weighted by Crippen LogP contribution is -2.51. The number of hydrogen-bond donors (Lipinski definition) is 2. The van der Waals surface area contributed by atoms with Gasteiger partial charge in [0.2, 0.25) is 5.91 Å². The lowest BCUT2D eigenvalue weighted by molar-refractivity contribution is -0.130. The Labute approximate surface area is 107 Å². The molecule has 3 atom stereocenters. The van der Waals surface area contributed by atoms with Crippen LogP contribution in [0.15, 0.2) is 0 Å². The Balaban J connectivity index is 1.93. The Bertz CT molecular complexity index is 436. The molecule has 2 aliphatic rings. The zero-order valence-electron chi connectivity index (χ0n) is 10.5. The third-order valence-electron chi connectivity index (χ3n) is 3.99. The van der Waals surface area contributed by atoms with Crippen molar-refractivity contribution in [3.63, 3.8) is 0 Å². The standard InChI is InChI=1S/C11H20N2O4S/c1-11(7-17-6-9(11)12)10(14)13-5-8-3-2-4-18(8,15)16/h8-9H,2-7,12H2,1H3,(H,13,14). The van der Waals surface area contributed by atoms with Crippen LogP contribution in [0.25, 0.3) is 0 Å². The second-order valence-corrected chi connectivity index (χ2v) is 7.78. The van der Waals surface area contributed by atoms with Crippen molar-refractivity contribution in [3.8, 4) is 0 Å². The summed E-state index contributed by atoms with van der Waals surface area (Å²) in [7, 11) is -3.02. The molecule has 2 heterocycles. The summed E-state index contributed by atoms with van der Waals surface area (Å²) in [6.07, 6.45) is 1.31. The largest absolute Gasteiger partial charge is 0.379 e.